The highest BCUT2D eigenvalue weighted by atomic mass is 35.5. The molecule has 4 nitrogen and oxygen atoms in total. The van der Waals surface area contributed by atoms with Crippen LogP contribution in [0.1, 0.15) is 18.9 Å². The highest BCUT2D eigenvalue weighted by molar-refractivity contribution is 6.33. The summed E-state index contributed by atoms with van der Waals surface area (Å²) >= 11 is 5.90. The quantitative estimate of drug-likeness (QED) is 0.916. The van der Waals surface area contributed by atoms with Crippen LogP contribution in [0.5, 0.6) is 0 Å². The monoisotopic (exact) mass is 255 g/mol. The number of benzene rings is 1. The molecule has 1 atom stereocenters. The van der Waals surface area contributed by atoms with Crippen LogP contribution in [0.3, 0.4) is 0 Å². The van der Waals surface area contributed by atoms with Crippen molar-refractivity contribution in [3.8, 4) is 11.5 Å². The smallest absolute Gasteiger partial charge is 0.249 e. The summed E-state index contributed by atoms with van der Waals surface area (Å²) in [6, 6.07) is 3.98. The Morgan fingerprint density at radius 1 is 1.41 bits per heavy atom. The third kappa shape index (κ3) is 2.45. The molecule has 0 saturated heterocycles. The maximum absolute atomic E-state index is 12.9. The lowest BCUT2D eigenvalue weighted by molar-refractivity contribution is 0.441. The number of rotatable bonds is 3. The molecule has 0 radical (unpaired) electrons. The molecule has 0 amide bonds. The van der Waals surface area contributed by atoms with E-state index in [0.717, 1.165) is 0 Å². The van der Waals surface area contributed by atoms with Crippen LogP contribution >= 0.6 is 11.6 Å². The highest BCUT2D eigenvalue weighted by Crippen LogP contribution is 2.28. The first-order valence-electron chi connectivity index (χ1n) is 5.08. The minimum absolute atomic E-state index is 0.0459. The predicted octanol–water partition coefficient (Wildman–Crippen LogP) is 2.81. The fraction of sp³-hybridized carbons (Fsp3) is 0.273. The predicted molar refractivity (Wildman–Crippen MR) is 62.2 cm³/mol. The summed E-state index contributed by atoms with van der Waals surface area (Å²) in [5.74, 6) is 0.345. The molecule has 1 unspecified atom stereocenters. The van der Waals surface area contributed by atoms with Crippen LogP contribution in [-0.4, -0.2) is 17.2 Å². The van der Waals surface area contributed by atoms with Crippen molar-refractivity contribution in [1.29, 1.82) is 0 Å². The summed E-state index contributed by atoms with van der Waals surface area (Å²) in [4.78, 5) is 0. The standard InChI is InChI=1S/C11H11ClFN3O/c1-6(14-2)10-15-16-11(17-10)8-4-3-7(13)5-9(8)12/h3-6,14H,1-2H3. The maximum atomic E-state index is 12.9. The SMILES string of the molecule is CNC(C)c1nnc(-c2ccc(F)cc2Cl)o1. The van der Waals surface area contributed by atoms with Crippen molar-refractivity contribution < 1.29 is 8.81 Å². The van der Waals surface area contributed by atoms with E-state index in [1.54, 1.807) is 7.05 Å². The third-order valence-corrected chi connectivity index (χ3v) is 2.72. The van der Waals surface area contributed by atoms with E-state index in [2.05, 4.69) is 15.5 Å². The van der Waals surface area contributed by atoms with Gasteiger partial charge in [0.25, 0.3) is 0 Å². The average molecular weight is 256 g/mol. The Morgan fingerprint density at radius 3 is 2.82 bits per heavy atom. The molecule has 17 heavy (non-hydrogen) atoms. The van der Waals surface area contributed by atoms with Gasteiger partial charge < -0.3 is 9.73 Å². The van der Waals surface area contributed by atoms with Crippen molar-refractivity contribution in [2.45, 2.75) is 13.0 Å². The van der Waals surface area contributed by atoms with Crippen molar-refractivity contribution in [2.24, 2.45) is 0 Å². The van der Waals surface area contributed by atoms with Crippen molar-refractivity contribution >= 4 is 11.6 Å². The van der Waals surface area contributed by atoms with E-state index in [4.69, 9.17) is 16.0 Å². The molecule has 0 aliphatic heterocycles. The molecule has 1 N–H and O–H groups in total. The molecule has 1 heterocycles. The first-order chi connectivity index (χ1) is 8.11. The molecular formula is C11H11ClFN3O. The van der Waals surface area contributed by atoms with Gasteiger partial charge in [-0.05, 0) is 32.2 Å². The van der Waals surface area contributed by atoms with Gasteiger partial charge in [-0.3, -0.25) is 0 Å². The third-order valence-electron chi connectivity index (χ3n) is 2.41. The normalized spacial score (nSPS) is 12.7. The number of nitrogens with one attached hydrogen (secondary N) is 1. The molecule has 0 spiro atoms. The number of aromatic nitrogens is 2. The fourth-order valence-corrected chi connectivity index (χ4v) is 1.55. The van der Waals surface area contributed by atoms with Crippen molar-refractivity contribution in [3.05, 3.63) is 34.9 Å². The summed E-state index contributed by atoms with van der Waals surface area (Å²) in [7, 11) is 1.79. The lowest BCUT2D eigenvalue weighted by atomic mass is 10.2. The maximum Gasteiger partial charge on any atom is 0.249 e. The fourth-order valence-electron chi connectivity index (χ4n) is 1.30. The van der Waals surface area contributed by atoms with Crippen LogP contribution in [0.25, 0.3) is 11.5 Å². The van der Waals surface area contributed by atoms with Crippen molar-refractivity contribution in [1.82, 2.24) is 15.5 Å². The second-order valence-electron chi connectivity index (χ2n) is 3.58. The zero-order valence-corrected chi connectivity index (χ0v) is 10.1. The van der Waals surface area contributed by atoms with Crippen LogP contribution < -0.4 is 5.32 Å². The van der Waals surface area contributed by atoms with E-state index in [1.165, 1.54) is 18.2 Å². The number of hydrogen-bond acceptors (Lipinski definition) is 4. The Kier molecular flexibility index (Phi) is 3.40. The van der Waals surface area contributed by atoms with Gasteiger partial charge in [-0.1, -0.05) is 11.6 Å². The van der Waals surface area contributed by atoms with Crippen LogP contribution in [0, 0.1) is 5.82 Å². The van der Waals surface area contributed by atoms with Gasteiger partial charge in [-0.25, -0.2) is 4.39 Å². The minimum atomic E-state index is -0.401. The van der Waals surface area contributed by atoms with E-state index in [0.29, 0.717) is 11.5 Å². The molecule has 6 heteroatoms. The van der Waals surface area contributed by atoms with Crippen LogP contribution in [0.15, 0.2) is 22.6 Å². The lowest BCUT2D eigenvalue weighted by Crippen LogP contribution is -2.12. The first-order valence-corrected chi connectivity index (χ1v) is 5.45. The van der Waals surface area contributed by atoms with Gasteiger partial charge in [0.05, 0.1) is 16.6 Å². The average Bonchev–Trinajstić information content (AvgIpc) is 2.77. The summed E-state index contributed by atoms with van der Waals surface area (Å²) in [6.45, 7) is 1.89. The van der Waals surface area contributed by atoms with Gasteiger partial charge in [0, 0.05) is 0 Å². The van der Waals surface area contributed by atoms with E-state index < -0.39 is 5.82 Å². The molecule has 0 bridgehead atoms. The lowest BCUT2D eigenvalue weighted by Gasteiger charge is -2.02. The molecule has 1 aromatic heterocycles. The molecule has 0 aliphatic rings. The Morgan fingerprint density at radius 2 is 2.18 bits per heavy atom. The van der Waals surface area contributed by atoms with E-state index in [9.17, 15) is 4.39 Å². The largest absolute Gasteiger partial charge is 0.419 e. The Balaban J connectivity index is 2.37. The Labute approximate surface area is 103 Å². The molecule has 2 aromatic rings. The minimum Gasteiger partial charge on any atom is -0.419 e. The highest BCUT2D eigenvalue weighted by Gasteiger charge is 2.15. The van der Waals surface area contributed by atoms with Crippen LogP contribution in [-0.2, 0) is 0 Å². The summed E-state index contributed by atoms with van der Waals surface area (Å²) in [5, 5.41) is 11.0. The molecule has 0 fully saturated rings. The second-order valence-corrected chi connectivity index (χ2v) is 3.99. The van der Waals surface area contributed by atoms with Gasteiger partial charge in [0.1, 0.15) is 5.82 Å². The topological polar surface area (TPSA) is 51.0 Å². The first kappa shape index (κ1) is 12.0. The Bertz CT molecular complexity index is 529. The van der Waals surface area contributed by atoms with E-state index in [-0.39, 0.29) is 17.0 Å². The van der Waals surface area contributed by atoms with Gasteiger partial charge in [-0.15, -0.1) is 10.2 Å². The number of halogens is 2. The number of nitrogens with zero attached hydrogens (tertiary/aromatic N) is 2. The molecular weight excluding hydrogens is 245 g/mol. The molecule has 0 aliphatic carbocycles. The van der Waals surface area contributed by atoms with Gasteiger partial charge >= 0.3 is 0 Å². The van der Waals surface area contributed by atoms with Crippen molar-refractivity contribution in [3.63, 3.8) is 0 Å². The van der Waals surface area contributed by atoms with Gasteiger partial charge in [0.2, 0.25) is 11.8 Å². The zero-order valence-electron chi connectivity index (χ0n) is 9.37. The summed E-state index contributed by atoms with van der Waals surface area (Å²) in [6.07, 6.45) is 0. The van der Waals surface area contributed by atoms with Gasteiger partial charge in [0.15, 0.2) is 0 Å². The summed E-state index contributed by atoms with van der Waals surface area (Å²) < 4.78 is 18.3. The van der Waals surface area contributed by atoms with Crippen molar-refractivity contribution in [2.75, 3.05) is 7.05 Å². The van der Waals surface area contributed by atoms with E-state index >= 15 is 0 Å². The Hall–Kier alpha value is -1.46. The summed E-state index contributed by atoms with van der Waals surface area (Å²) in [5.41, 5.74) is 0.523. The molecule has 90 valence electrons. The molecule has 0 saturated carbocycles. The van der Waals surface area contributed by atoms with Crippen LogP contribution in [0.2, 0.25) is 5.02 Å². The number of hydrogen-bond donors (Lipinski definition) is 1. The van der Waals surface area contributed by atoms with Crippen LogP contribution in [0.4, 0.5) is 4.39 Å². The molecule has 1 aromatic carbocycles. The molecule has 2 rings (SSSR count). The second kappa shape index (κ2) is 4.81. The van der Waals surface area contributed by atoms with E-state index in [1.807, 2.05) is 6.92 Å². The zero-order chi connectivity index (χ0) is 12.4. The van der Waals surface area contributed by atoms with Gasteiger partial charge in [-0.2, -0.15) is 0 Å².